The molecule has 0 bridgehead atoms. The Kier molecular flexibility index (Phi) is 5.56. The summed E-state index contributed by atoms with van der Waals surface area (Å²) in [5, 5.41) is 6.45. The molecule has 1 aromatic heterocycles. The van der Waals surface area contributed by atoms with E-state index in [4.69, 9.17) is 4.74 Å². The minimum Gasteiger partial charge on any atom is -0.486 e. The average molecular weight is 290 g/mol. The fraction of sp³-hybridized carbons (Fsp3) is 0.438. The first kappa shape index (κ1) is 15.0. The van der Waals surface area contributed by atoms with Crippen LogP contribution >= 0.6 is 11.3 Å². The van der Waals surface area contributed by atoms with Crippen molar-refractivity contribution in [2.45, 2.75) is 33.9 Å². The molecule has 4 heteroatoms. The topological polar surface area (TPSA) is 34.1 Å². The van der Waals surface area contributed by atoms with Crippen molar-refractivity contribution >= 4 is 11.3 Å². The van der Waals surface area contributed by atoms with Gasteiger partial charge in [-0.3, -0.25) is 0 Å². The Bertz CT molecular complexity index is 523. The smallest absolute Gasteiger partial charge is 0.140 e. The molecular weight excluding hydrogens is 268 g/mol. The van der Waals surface area contributed by atoms with Crippen molar-refractivity contribution in [2.24, 2.45) is 5.92 Å². The molecule has 2 aromatic rings. The highest BCUT2D eigenvalue weighted by Crippen LogP contribution is 2.24. The number of para-hydroxylation sites is 1. The van der Waals surface area contributed by atoms with E-state index in [2.05, 4.69) is 49.3 Å². The van der Waals surface area contributed by atoms with Crippen LogP contribution < -0.4 is 10.1 Å². The molecule has 3 nitrogen and oxygen atoms in total. The lowest BCUT2D eigenvalue weighted by Gasteiger charge is -2.14. The van der Waals surface area contributed by atoms with E-state index < -0.39 is 0 Å². The number of benzene rings is 1. The number of hydrogen-bond acceptors (Lipinski definition) is 4. The summed E-state index contributed by atoms with van der Waals surface area (Å²) in [6.45, 7) is 8.90. The van der Waals surface area contributed by atoms with Crippen molar-refractivity contribution in [3.8, 4) is 5.75 Å². The zero-order valence-electron chi connectivity index (χ0n) is 12.3. The van der Waals surface area contributed by atoms with Crippen LogP contribution in [0.2, 0.25) is 0 Å². The van der Waals surface area contributed by atoms with E-state index in [1.54, 1.807) is 11.3 Å². The highest BCUT2D eigenvalue weighted by molar-refractivity contribution is 7.09. The molecule has 0 atom stereocenters. The molecule has 1 aromatic carbocycles. The molecule has 0 aliphatic carbocycles. The Labute approximate surface area is 125 Å². The molecule has 0 spiro atoms. The Morgan fingerprint density at radius 2 is 2.20 bits per heavy atom. The maximum absolute atomic E-state index is 5.98. The summed E-state index contributed by atoms with van der Waals surface area (Å²) in [7, 11) is 0. The summed E-state index contributed by atoms with van der Waals surface area (Å²) in [6, 6.07) is 6.29. The Morgan fingerprint density at radius 3 is 2.90 bits per heavy atom. The second kappa shape index (κ2) is 7.41. The summed E-state index contributed by atoms with van der Waals surface area (Å²) >= 11 is 1.62. The number of hydrogen-bond donors (Lipinski definition) is 1. The van der Waals surface area contributed by atoms with Crippen molar-refractivity contribution in [2.75, 3.05) is 6.54 Å². The highest BCUT2D eigenvalue weighted by atomic mass is 32.1. The Hall–Kier alpha value is -1.39. The molecule has 20 heavy (non-hydrogen) atoms. The van der Waals surface area contributed by atoms with Gasteiger partial charge >= 0.3 is 0 Å². The molecule has 1 N–H and O–H groups in total. The standard InChI is InChI=1S/C16H22N2OS/c1-12(2)9-17-10-14-6-4-5-13(3)16(14)19-11-15-18-7-8-20-15/h4-8,12,17H,9-11H2,1-3H3. The van der Waals surface area contributed by atoms with Crippen molar-refractivity contribution in [1.29, 1.82) is 0 Å². The maximum Gasteiger partial charge on any atom is 0.140 e. The maximum atomic E-state index is 5.98. The number of thiazole rings is 1. The van der Waals surface area contributed by atoms with Crippen LogP contribution in [0.15, 0.2) is 29.8 Å². The van der Waals surface area contributed by atoms with Crippen LogP contribution in [0, 0.1) is 12.8 Å². The van der Waals surface area contributed by atoms with Crippen LogP contribution in [-0.4, -0.2) is 11.5 Å². The Morgan fingerprint density at radius 1 is 1.35 bits per heavy atom. The van der Waals surface area contributed by atoms with E-state index >= 15 is 0 Å². The summed E-state index contributed by atoms with van der Waals surface area (Å²) in [4.78, 5) is 4.25. The lowest BCUT2D eigenvalue weighted by atomic mass is 10.1. The van der Waals surface area contributed by atoms with Crippen LogP contribution in [0.5, 0.6) is 5.75 Å². The number of nitrogens with zero attached hydrogens (tertiary/aromatic N) is 1. The van der Waals surface area contributed by atoms with E-state index in [-0.39, 0.29) is 0 Å². The molecule has 0 fully saturated rings. The van der Waals surface area contributed by atoms with Gasteiger partial charge in [0, 0.05) is 23.7 Å². The molecule has 0 unspecified atom stereocenters. The van der Waals surface area contributed by atoms with Crippen LogP contribution in [0.3, 0.4) is 0 Å². The minimum atomic E-state index is 0.541. The molecule has 2 rings (SSSR count). The van der Waals surface area contributed by atoms with Gasteiger partial charge in [-0.05, 0) is 24.9 Å². The quantitative estimate of drug-likeness (QED) is 0.842. The molecule has 0 saturated carbocycles. The normalized spacial score (nSPS) is 11.0. The second-order valence-corrected chi connectivity index (χ2v) is 6.28. The number of aryl methyl sites for hydroxylation is 1. The summed E-state index contributed by atoms with van der Waals surface area (Å²) in [6.07, 6.45) is 1.81. The number of rotatable bonds is 7. The lowest BCUT2D eigenvalue weighted by Crippen LogP contribution is -2.19. The monoisotopic (exact) mass is 290 g/mol. The molecule has 0 radical (unpaired) electrons. The van der Waals surface area contributed by atoms with Crippen molar-refractivity contribution in [1.82, 2.24) is 10.3 Å². The predicted molar refractivity (Wildman–Crippen MR) is 84.2 cm³/mol. The average Bonchev–Trinajstić information content (AvgIpc) is 2.90. The van der Waals surface area contributed by atoms with E-state index in [9.17, 15) is 0 Å². The van der Waals surface area contributed by atoms with E-state index in [1.165, 1.54) is 11.1 Å². The third-order valence-electron chi connectivity index (χ3n) is 2.98. The van der Waals surface area contributed by atoms with Gasteiger partial charge in [0.2, 0.25) is 0 Å². The summed E-state index contributed by atoms with van der Waals surface area (Å²) in [5.74, 6) is 1.64. The second-order valence-electron chi connectivity index (χ2n) is 5.30. The van der Waals surface area contributed by atoms with Gasteiger partial charge in [-0.1, -0.05) is 32.0 Å². The van der Waals surface area contributed by atoms with E-state index in [1.807, 2.05) is 11.6 Å². The molecule has 1 heterocycles. The fourth-order valence-corrected chi connectivity index (χ4v) is 2.54. The zero-order valence-corrected chi connectivity index (χ0v) is 13.2. The Balaban J connectivity index is 2.01. The summed E-state index contributed by atoms with van der Waals surface area (Å²) < 4.78 is 5.98. The zero-order chi connectivity index (χ0) is 14.4. The van der Waals surface area contributed by atoms with E-state index in [0.717, 1.165) is 23.8 Å². The molecule has 0 aliphatic rings. The van der Waals surface area contributed by atoms with Crippen molar-refractivity contribution in [3.05, 3.63) is 45.9 Å². The fourth-order valence-electron chi connectivity index (χ4n) is 2.01. The van der Waals surface area contributed by atoms with E-state index in [0.29, 0.717) is 12.5 Å². The first-order valence-corrected chi connectivity index (χ1v) is 7.85. The largest absolute Gasteiger partial charge is 0.486 e. The van der Waals surface area contributed by atoms with Crippen molar-refractivity contribution in [3.63, 3.8) is 0 Å². The third-order valence-corrected chi connectivity index (χ3v) is 3.74. The SMILES string of the molecule is Cc1cccc(CNCC(C)C)c1OCc1nccs1. The number of ether oxygens (including phenoxy) is 1. The van der Waals surface area contributed by atoms with Gasteiger partial charge < -0.3 is 10.1 Å². The third kappa shape index (κ3) is 4.32. The van der Waals surface area contributed by atoms with Crippen LogP contribution in [0.1, 0.15) is 30.0 Å². The van der Waals surface area contributed by atoms with Gasteiger partial charge in [-0.2, -0.15) is 0 Å². The molecular formula is C16H22N2OS. The number of nitrogens with one attached hydrogen (secondary N) is 1. The van der Waals surface area contributed by atoms with Gasteiger partial charge in [0.25, 0.3) is 0 Å². The molecule has 0 aliphatic heterocycles. The molecule has 0 saturated heterocycles. The van der Waals surface area contributed by atoms with Crippen LogP contribution in [0.4, 0.5) is 0 Å². The highest BCUT2D eigenvalue weighted by Gasteiger charge is 2.08. The molecule has 108 valence electrons. The first-order chi connectivity index (χ1) is 9.66. The van der Waals surface area contributed by atoms with Gasteiger partial charge in [0.1, 0.15) is 17.4 Å². The lowest BCUT2D eigenvalue weighted by molar-refractivity contribution is 0.299. The van der Waals surface area contributed by atoms with Gasteiger partial charge in [0.05, 0.1) is 0 Å². The minimum absolute atomic E-state index is 0.541. The van der Waals surface area contributed by atoms with Crippen LogP contribution in [0.25, 0.3) is 0 Å². The van der Waals surface area contributed by atoms with Crippen LogP contribution in [-0.2, 0) is 13.2 Å². The number of aromatic nitrogens is 1. The van der Waals surface area contributed by atoms with Gasteiger partial charge in [-0.15, -0.1) is 11.3 Å². The molecule has 0 amide bonds. The van der Waals surface area contributed by atoms with Gasteiger partial charge in [0.15, 0.2) is 0 Å². The summed E-state index contributed by atoms with van der Waals surface area (Å²) in [5.41, 5.74) is 2.38. The predicted octanol–water partition coefficient (Wildman–Crippen LogP) is 3.78. The van der Waals surface area contributed by atoms with Crippen molar-refractivity contribution < 1.29 is 4.74 Å². The van der Waals surface area contributed by atoms with Gasteiger partial charge in [-0.25, -0.2) is 4.98 Å². The first-order valence-electron chi connectivity index (χ1n) is 6.97.